The van der Waals surface area contributed by atoms with Gasteiger partial charge in [0.05, 0.1) is 18.9 Å². The number of nitrogens with zero attached hydrogens (tertiary/aromatic N) is 1. The second-order valence-corrected chi connectivity index (χ2v) is 9.82. The van der Waals surface area contributed by atoms with Gasteiger partial charge in [0, 0.05) is 15.3 Å². The molecule has 30 heavy (non-hydrogen) atoms. The minimum Gasteiger partial charge on any atom is -0.497 e. The van der Waals surface area contributed by atoms with Gasteiger partial charge in [0.15, 0.2) is 6.61 Å². The molecule has 1 heterocycles. The first kappa shape index (κ1) is 21.3. The van der Waals surface area contributed by atoms with E-state index in [-0.39, 0.29) is 45.1 Å². The fourth-order valence-corrected chi connectivity index (χ4v) is 6.63. The molecule has 2 aliphatic carbocycles. The molecule has 1 saturated heterocycles. The number of likely N-dealkylation sites (tertiary alicyclic amines) is 1. The number of ether oxygens (including phenoxy) is 2. The van der Waals surface area contributed by atoms with Gasteiger partial charge in [0.25, 0.3) is 5.91 Å². The number of esters is 1. The van der Waals surface area contributed by atoms with E-state index in [9.17, 15) is 19.2 Å². The van der Waals surface area contributed by atoms with Crippen LogP contribution in [-0.4, -0.2) is 58.5 Å². The van der Waals surface area contributed by atoms with Gasteiger partial charge in [-0.05, 0) is 42.5 Å². The Morgan fingerprint density at radius 1 is 1.07 bits per heavy atom. The summed E-state index contributed by atoms with van der Waals surface area (Å²) in [6.07, 6.45) is 0.822. The molecule has 1 aromatic rings. The van der Waals surface area contributed by atoms with E-state index in [1.54, 1.807) is 24.3 Å². The van der Waals surface area contributed by atoms with Crippen molar-refractivity contribution in [1.82, 2.24) is 4.90 Å². The minimum atomic E-state index is -0.792. The van der Waals surface area contributed by atoms with E-state index >= 15 is 0 Å². The van der Waals surface area contributed by atoms with Crippen LogP contribution in [0.15, 0.2) is 24.3 Å². The number of imide groups is 1. The normalized spacial score (nSPS) is 31.6. The van der Waals surface area contributed by atoms with Crippen molar-refractivity contribution < 1.29 is 28.7 Å². The average molecular weight is 544 g/mol. The number of rotatable bonds is 6. The van der Waals surface area contributed by atoms with Crippen molar-refractivity contribution in [3.05, 3.63) is 24.3 Å². The molecule has 1 aromatic carbocycles. The minimum absolute atomic E-state index is 0.0807. The fraction of sp³-hybridized carbons (Fsp3) is 0.500. The van der Waals surface area contributed by atoms with Crippen molar-refractivity contribution in [1.29, 1.82) is 0 Å². The molecule has 3 amide bonds. The highest BCUT2D eigenvalue weighted by molar-refractivity contribution is 9.12. The zero-order valence-electron chi connectivity index (χ0n) is 16.0. The Kier molecular flexibility index (Phi) is 5.89. The summed E-state index contributed by atoms with van der Waals surface area (Å²) < 4.78 is 10.0. The molecule has 0 spiro atoms. The highest BCUT2D eigenvalue weighted by Gasteiger charge is 2.66. The number of benzene rings is 1. The summed E-state index contributed by atoms with van der Waals surface area (Å²) in [5, 5.41) is 2.59. The van der Waals surface area contributed by atoms with Crippen LogP contribution in [0.1, 0.15) is 6.42 Å². The van der Waals surface area contributed by atoms with Crippen LogP contribution in [0.2, 0.25) is 0 Å². The molecule has 1 N–H and O–H groups in total. The maximum Gasteiger partial charge on any atom is 0.326 e. The predicted molar refractivity (Wildman–Crippen MR) is 113 cm³/mol. The average Bonchev–Trinajstić information content (AvgIpc) is 3.34. The van der Waals surface area contributed by atoms with Crippen LogP contribution in [0.25, 0.3) is 0 Å². The van der Waals surface area contributed by atoms with Gasteiger partial charge in [-0.15, -0.1) is 0 Å². The zero-order chi connectivity index (χ0) is 21.6. The summed E-state index contributed by atoms with van der Waals surface area (Å²) in [5.74, 6) is -1.91. The van der Waals surface area contributed by atoms with Crippen molar-refractivity contribution in [2.24, 2.45) is 23.7 Å². The van der Waals surface area contributed by atoms with Crippen LogP contribution in [-0.2, 0) is 23.9 Å². The van der Waals surface area contributed by atoms with Gasteiger partial charge < -0.3 is 14.8 Å². The highest BCUT2D eigenvalue weighted by atomic mass is 79.9. The quantitative estimate of drug-likeness (QED) is 0.334. The van der Waals surface area contributed by atoms with Crippen LogP contribution in [0.3, 0.4) is 0 Å². The van der Waals surface area contributed by atoms with Crippen molar-refractivity contribution in [3.63, 3.8) is 0 Å². The number of hydrogen-bond donors (Lipinski definition) is 1. The van der Waals surface area contributed by atoms with Crippen LogP contribution < -0.4 is 10.1 Å². The van der Waals surface area contributed by atoms with Crippen LogP contribution in [0.5, 0.6) is 5.75 Å². The largest absolute Gasteiger partial charge is 0.497 e. The number of amides is 3. The first-order chi connectivity index (χ1) is 14.3. The van der Waals surface area contributed by atoms with Gasteiger partial charge in [-0.2, -0.15) is 0 Å². The summed E-state index contributed by atoms with van der Waals surface area (Å²) in [4.78, 5) is 51.0. The fourth-order valence-electron chi connectivity index (χ4n) is 4.76. The monoisotopic (exact) mass is 542 g/mol. The van der Waals surface area contributed by atoms with Gasteiger partial charge in [0.1, 0.15) is 12.3 Å². The summed E-state index contributed by atoms with van der Waals surface area (Å²) in [6, 6.07) is 6.68. The molecule has 3 aliphatic rings. The molecule has 0 radical (unpaired) electrons. The number of anilines is 1. The lowest BCUT2D eigenvalue weighted by Crippen LogP contribution is -2.38. The van der Waals surface area contributed by atoms with Gasteiger partial charge in [-0.3, -0.25) is 24.1 Å². The van der Waals surface area contributed by atoms with Gasteiger partial charge in [0.2, 0.25) is 11.8 Å². The molecule has 2 saturated carbocycles. The van der Waals surface area contributed by atoms with Crippen molar-refractivity contribution in [3.8, 4) is 5.75 Å². The number of alkyl halides is 2. The number of fused-ring (bicyclic) bond motifs is 5. The third kappa shape index (κ3) is 3.64. The first-order valence-corrected chi connectivity index (χ1v) is 11.4. The molecule has 4 rings (SSSR count). The Balaban J connectivity index is 1.29. The lowest BCUT2D eigenvalue weighted by molar-refractivity contribution is -0.154. The number of carbonyl (C=O) groups is 4. The van der Waals surface area contributed by atoms with E-state index in [2.05, 4.69) is 37.2 Å². The SMILES string of the molecule is COc1ccc(NC(=O)COC(=O)CN2C(=O)[C@@H]3[C@H]4C[C@@H]([C@H](Br)[C@@H]4Br)[C@@H]3C2=O)cc1. The molecule has 10 heteroatoms. The maximum atomic E-state index is 12.8. The number of hydrogen-bond acceptors (Lipinski definition) is 6. The Morgan fingerprint density at radius 2 is 1.63 bits per heavy atom. The van der Waals surface area contributed by atoms with Crippen molar-refractivity contribution in [2.75, 3.05) is 25.6 Å². The Labute approximate surface area is 189 Å². The van der Waals surface area contributed by atoms with Crippen LogP contribution >= 0.6 is 31.9 Å². The van der Waals surface area contributed by atoms with Gasteiger partial charge in [-0.25, -0.2) is 0 Å². The predicted octanol–water partition coefficient (Wildman–Crippen LogP) is 1.95. The lowest BCUT2D eigenvalue weighted by Gasteiger charge is -2.28. The van der Waals surface area contributed by atoms with E-state index in [0.29, 0.717) is 11.4 Å². The molecule has 2 bridgehead atoms. The molecule has 3 fully saturated rings. The Hall–Kier alpha value is -1.94. The van der Waals surface area contributed by atoms with E-state index in [1.807, 2.05) is 0 Å². The number of halogens is 2. The Morgan fingerprint density at radius 3 is 2.17 bits per heavy atom. The topological polar surface area (TPSA) is 102 Å². The third-order valence-corrected chi connectivity index (χ3v) is 9.31. The molecular weight excluding hydrogens is 524 g/mol. The van der Waals surface area contributed by atoms with Crippen molar-refractivity contribution >= 4 is 61.2 Å². The highest BCUT2D eigenvalue weighted by Crippen LogP contribution is 2.60. The smallest absolute Gasteiger partial charge is 0.326 e. The van der Waals surface area contributed by atoms with E-state index in [0.717, 1.165) is 11.3 Å². The van der Waals surface area contributed by atoms with Crippen molar-refractivity contribution in [2.45, 2.75) is 16.1 Å². The maximum absolute atomic E-state index is 12.8. The molecule has 0 unspecified atom stereocenters. The summed E-state index contributed by atoms with van der Waals surface area (Å²) in [6.45, 7) is -0.980. The number of carbonyl (C=O) groups excluding carboxylic acids is 4. The van der Waals surface area contributed by atoms with E-state index in [4.69, 9.17) is 9.47 Å². The number of nitrogens with one attached hydrogen (secondary N) is 1. The second-order valence-electron chi connectivity index (χ2n) is 7.70. The zero-order valence-corrected chi connectivity index (χ0v) is 19.2. The molecular formula is C20H20Br2N2O6. The summed E-state index contributed by atoms with van der Waals surface area (Å²) in [5.41, 5.74) is 0.527. The van der Waals surface area contributed by atoms with Crippen LogP contribution in [0, 0.1) is 23.7 Å². The summed E-state index contributed by atoms with van der Waals surface area (Å²) in [7, 11) is 1.54. The lowest BCUT2D eigenvalue weighted by atomic mass is 9.81. The van der Waals surface area contributed by atoms with Gasteiger partial charge in [-0.1, -0.05) is 31.9 Å². The van der Waals surface area contributed by atoms with E-state index < -0.39 is 25.0 Å². The standard InChI is InChI=1S/C20H20Br2N2O6/c1-29-10-4-2-9(3-5-10)23-13(25)8-30-14(26)7-24-19(27)15-11-6-12(16(15)20(24)28)18(22)17(11)21/h2-5,11-12,15-18H,6-8H2,1H3,(H,23,25)/t11-,12-,15-,16+,17-,18+/m1/s1. The Bertz CT molecular complexity index is 860. The molecule has 8 nitrogen and oxygen atoms in total. The van der Waals surface area contributed by atoms with Gasteiger partial charge >= 0.3 is 5.97 Å². The molecule has 1 aliphatic heterocycles. The number of methoxy groups -OCH3 is 1. The third-order valence-electron chi connectivity index (χ3n) is 6.10. The summed E-state index contributed by atoms with van der Waals surface area (Å²) >= 11 is 7.24. The molecule has 160 valence electrons. The molecule has 6 atom stereocenters. The first-order valence-electron chi connectivity index (χ1n) is 9.54. The second kappa shape index (κ2) is 8.30. The van der Waals surface area contributed by atoms with E-state index in [1.165, 1.54) is 7.11 Å². The molecule has 0 aromatic heterocycles. The van der Waals surface area contributed by atoms with Crippen LogP contribution in [0.4, 0.5) is 5.69 Å².